The lowest BCUT2D eigenvalue weighted by Crippen LogP contribution is -2.40. The number of nitrogens with zero attached hydrogens (tertiary/aromatic N) is 3. The summed E-state index contributed by atoms with van der Waals surface area (Å²) >= 11 is 1.26. The fraction of sp³-hybridized carbons (Fsp3) is 0.212. The van der Waals surface area contributed by atoms with Crippen LogP contribution in [0.5, 0.6) is 5.75 Å². The first kappa shape index (κ1) is 27.8. The van der Waals surface area contributed by atoms with Crippen molar-refractivity contribution in [1.29, 1.82) is 5.26 Å². The van der Waals surface area contributed by atoms with E-state index in [2.05, 4.69) is 13.8 Å². The van der Waals surface area contributed by atoms with Crippen LogP contribution in [0.25, 0.3) is 11.8 Å². The van der Waals surface area contributed by atoms with Gasteiger partial charge in [0.1, 0.15) is 11.8 Å². The number of hydrogen-bond acceptors (Lipinski definition) is 7. The third kappa shape index (κ3) is 5.76. The van der Waals surface area contributed by atoms with Crippen molar-refractivity contribution >= 4 is 29.1 Å². The molecule has 7 nitrogen and oxygen atoms in total. The van der Waals surface area contributed by atoms with Crippen LogP contribution in [0.3, 0.4) is 0 Å². The number of thiazole rings is 1. The van der Waals surface area contributed by atoms with Crippen LogP contribution < -0.4 is 19.6 Å². The minimum absolute atomic E-state index is 0.0693. The molecule has 1 aromatic heterocycles. The van der Waals surface area contributed by atoms with Crippen LogP contribution in [-0.2, 0) is 9.53 Å². The first-order chi connectivity index (χ1) is 19.9. The van der Waals surface area contributed by atoms with Crippen molar-refractivity contribution < 1.29 is 14.3 Å². The summed E-state index contributed by atoms with van der Waals surface area (Å²) in [6, 6.07) is 25.9. The third-order valence-electron chi connectivity index (χ3n) is 6.75. The number of hydrogen-bond donors (Lipinski definition) is 0. The van der Waals surface area contributed by atoms with Gasteiger partial charge in [-0.05, 0) is 47.7 Å². The maximum absolute atomic E-state index is 14.0. The number of benzene rings is 3. The van der Waals surface area contributed by atoms with E-state index in [0.717, 1.165) is 22.3 Å². The molecule has 0 aliphatic carbocycles. The quantitative estimate of drug-likeness (QED) is 0.283. The summed E-state index contributed by atoms with van der Waals surface area (Å²) in [5.74, 6) is 0.357. The predicted octanol–water partition coefficient (Wildman–Crippen LogP) is 4.96. The Kier molecular flexibility index (Phi) is 8.27. The fourth-order valence-corrected chi connectivity index (χ4v) is 5.78. The average Bonchev–Trinajstić information content (AvgIpc) is 3.30. The van der Waals surface area contributed by atoms with E-state index >= 15 is 0 Å². The molecular weight excluding hydrogens is 534 g/mol. The summed E-state index contributed by atoms with van der Waals surface area (Å²) < 4.78 is 13.0. The van der Waals surface area contributed by atoms with E-state index in [1.165, 1.54) is 11.3 Å². The van der Waals surface area contributed by atoms with Gasteiger partial charge in [-0.25, -0.2) is 9.79 Å². The highest BCUT2D eigenvalue weighted by Gasteiger charge is 2.35. The molecule has 0 spiro atoms. The Balaban J connectivity index is 1.76. The minimum Gasteiger partial charge on any atom is -0.479 e. The smallest absolute Gasteiger partial charge is 0.338 e. The molecule has 0 N–H and O–H groups in total. The molecule has 0 saturated carbocycles. The van der Waals surface area contributed by atoms with E-state index in [9.17, 15) is 9.59 Å². The van der Waals surface area contributed by atoms with E-state index < -0.39 is 12.0 Å². The lowest BCUT2D eigenvalue weighted by molar-refractivity contribution is -0.138. The van der Waals surface area contributed by atoms with Gasteiger partial charge in [-0.3, -0.25) is 9.36 Å². The highest BCUT2D eigenvalue weighted by atomic mass is 32.1. The molecule has 0 bridgehead atoms. The van der Waals surface area contributed by atoms with Crippen LogP contribution in [0.15, 0.2) is 94.2 Å². The maximum atomic E-state index is 14.0. The van der Waals surface area contributed by atoms with Gasteiger partial charge in [-0.15, -0.1) is 0 Å². The van der Waals surface area contributed by atoms with Crippen molar-refractivity contribution in [3.63, 3.8) is 0 Å². The van der Waals surface area contributed by atoms with E-state index in [-0.39, 0.29) is 18.8 Å². The van der Waals surface area contributed by atoms with Crippen molar-refractivity contribution in [3.05, 3.63) is 126 Å². The molecule has 1 aliphatic rings. The zero-order valence-electron chi connectivity index (χ0n) is 23.0. The maximum Gasteiger partial charge on any atom is 0.338 e. The molecule has 2 heterocycles. The Morgan fingerprint density at radius 2 is 1.85 bits per heavy atom. The highest BCUT2D eigenvalue weighted by molar-refractivity contribution is 7.07. The number of ether oxygens (including phenoxy) is 2. The van der Waals surface area contributed by atoms with Crippen LogP contribution in [-0.4, -0.2) is 23.8 Å². The number of carbonyl (C=O) groups excluding carboxylic acids is 1. The van der Waals surface area contributed by atoms with Crippen LogP contribution >= 0.6 is 11.3 Å². The predicted molar refractivity (Wildman–Crippen MR) is 159 cm³/mol. The molecule has 1 atom stereocenters. The van der Waals surface area contributed by atoms with Gasteiger partial charge in [0, 0.05) is 5.56 Å². The Morgan fingerprint density at radius 1 is 1.10 bits per heavy atom. The molecule has 4 aromatic rings. The first-order valence-electron chi connectivity index (χ1n) is 13.4. The normalized spacial score (nSPS) is 14.8. The van der Waals surface area contributed by atoms with Gasteiger partial charge >= 0.3 is 5.97 Å². The second kappa shape index (κ2) is 12.2. The second-order valence-electron chi connectivity index (χ2n) is 9.77. The van der Waals surface area contributed by atoms with Gasteiger partial charge in [-0.2, -0.15) is 5.26 Å². The fourth-order valence-electron chi connectivity index (χ4n) is 4.78. The zero-order chi connectivity index (χ0) is 28.9. The lowest BCUT2D eigenvalue weighted by atomic mass is 9.91. The monoisotopic (exact) mass is 563 g/mol. The van der Waals surface area contributed by atoms with E-state index in [4.69, 9.17) is 19.7 Å². The van der Waals surface area contributed by atoms with Gasteiger partial charge in [0.05, 0.1) is 28.5 Å². The molecule has 0 amide bonds. The third-order valence-corrected chi connectivity index (χ3v) is 7.73. The van der Waals surface area contributed by atoms with Gasteiger partial charge in [0.25, 0.3) is 5.56 Å². The van der Waals surface area contributed by atoms with E-state index in [1.54, 1.807) is 35.8 Å². The molecule has 1 aliphatic heterocycles. The van der Waals surface area contributed by atoms with Crippen LogP contribution in [0.4, 0.5) is 0 Å². The molecule has 5 rings (SSSR count). The summed E-state index contributed by atoms with van der Waals surface area (Å²) in [4.78, 5) is 33.0. The Labute approximate surface area is 242 Å². The second-order valence-corrected chi connectivity index (χ2v) is 10.8. The number of fused-ring (bicyclic) bond motifs is 1. The number of aromatic nitrogens is 1. The standard InChI is InChI=1S/C33H29N3O4S/c1-4-39-32(38)28-29(24-10-6-5-7-11-24)35-33-36(30(28)25-15-13-23(14-16-25)21(2)3)31(37)27(41-33)20-22-9-8-12-26(19-22)40-18-17-34/h5-16,19-21,30H,4,18H2,1-3H3/b27-20-/t30-/m1/s1. The van der Waals surface area contributed by atoms with Gasteiger partial charge in [0.2, 0.25) is 0 Å². The summed E-state index contributed by atoms with van der Waals surface area (Å²) in [5, 5.41) is 8.85. The number of rotatable bonds is 8. The van der Waals surface area contributed by atoms with Crippen molar-refractivity contribution in [2.24, 2.45) is 4.99 Å². The number of nitriles is 1. The summed E-state index contributed by atoms with van der Waals surface area (Å²) in [5.41, 5.74) is 4.01. The van der Waals surface area contributed by atoms with Crippen molar-refractivity contribution in [1.82, 2.24) is 4.57 Å². The van der Waals surface area contributed by atoms with Crippen LogP contribution in [0.1, 0.15) is 55.0 Å². The number of carbonyl (C=O) groups is 1. The summed E-state index contributed by atoms with van der Waals surface area (Å²) in [7, 11) is 0. The SMILES string of the molecule is CCOC(=O)C1=C(c2ccccc2)N=c2s/c(=C\c3cccc(OCC#N)c3)c(=O)n2[C@@H]1c1ccc(C(C)C)cc1. The van der Waals surface area contributed by atoms with E-state index in [1.807, 2.05) is 66.7 Å². The minimum atomic E-state index is -0.728. The summed E-state index contributed by atoms with van der Waals surface area (Å²) in [6.07, 6.45) is 1.78. The summed E-state index contributed by atoms with van der Waals surface area (Å²) in [6.45, 7) is 6.13. The molecule has 41 heavy (non-hydrogen) atoms. The first-order valence-corrected chi connectivity index (χ1v) is 14.2. The zero-order valence-corrected chi connectivity index (χ0v) is 23.9. The highest BCUT2D eigenvalue weighted by Crippen LogP contribution is 2.35. The number of esters is 1. The topological polar surface area (TPSA) is 93.7 Å². The van der Waals surface area contributed by atoms with Gasteiger partial charge < -0.3 is 9.47 Å². The van der Waals surface area contributed by atoms with Crippen molar-refractivity contribution in [2.75, 3.05) is 13.2 Å². The Bertz CT molecular complexity index is 1830. The Morgan fingerprint density at radius 3 is 2.54 bits per heavy atom. The molecule has 3 aromatic carbocycles. The lowest BCUT2D eigenvalue weighted by Gasteiger charge is -2.26. The molecule has 0 radical (unpaired) electrons. The molecule has 0 fully saturated rings. The average molecular weight is 564 g/mol. The molecule has 8 heteroatoms. The Hall–Kier alpha value is -4.74. The van der Waals surface area contributed by atoms with Crippen molar-refractivity contribution in [2.45, 2.75) is 32.7 Å². The van der Waals surface area contributed by atoms with Gasteiger partial charge in [0.15, 0.2) is 11.4 Å². The molecular formula is C33H29N3O4S. The largest absolute Gasteiger partial charge is 0.479 e. The van der Waals surface area contributed by atoms with Crippen LogP contribution in [0.2, 0.25) is 0 Å². The van der Waals surface area contributed by atoms with Crippen molar-refractivity contribution in [3.8, 4) is 11.8 Å². The molecule has 0 saturated heterocycles. The van der Waals surface area contributed by atoms with Crippen LogP contribution in [0, 0.1) is 11.3 Å². The molecule has 0 unspecified atom stereocenters. The molecule has 206 valence electrons. The van der Waals surface area contributed by atoms with Gasteiger partial charge in [-0.1, -0.05) is 91.9 Å². The van der Waals surface area contributed by atoms with E-state index in [0.29, 0.717) is 32.3 Å².